The lowest BCUT2D eigenvalue weighted by Crippen LogP contribution is -2.33. The highest BCUT2D eigenvalue weighted by atomic mass is 32.2. The molecule has 0 unspecified atom stereocenters. The summed E-state index contributed by atoms with van der Waals surface area (Å²) in [7, 11) is -2.83. The molecule has 1 aliphatic carbocycles. The molecule has 0 saturated heterocycles. The molecule has 0 spiro atoms. The Morgan fingerprint density at radius 2 is 2.03 bits per heavy atom. The second-order valence-electron chi connectivity index (χ2n) is 7.86. The van der Waals surface area contributed by atoms with Gasteiger partial charge in [-0.15, -0.1) is 0 Å². The van der Waals surface area contributed by atoms with Gasteiger partial charge in [-0.3, -0.25) is 0 Å². The lowest BCUT2D eigenvalue weighted by Gasteiger charge is -2.38. The number of hydrogen-bond donors (Lipinski definition) is 2. The van der Waals surface area contributed by atoms with Gasteiger partial charge in [-0.2, -0.15) is 0 Å². The number of pyridine rings is 1. The normalized spacial score (nSPS) is 20.9. The number of nitrogens with one attached hydrogen (secondary N) is 1. The van der Waals surface area contributed by atoms with E-state index >= 15 is 0 Å². The van der Waals surface area contributed by atoms with Crippen LogP contribution in [0.2, 0.25) is 0 Å². The zero-order valence-corrected chi connectivity index (χ0v) is 17.2. The average molecular weight is 424 g/mol. The minimum absolute atomic E-state index is 0.0787. The third kappa shape index (κ3) is 3.28. The Morgan fingerprint density at radius 3 is 2.77 bits per heavy atom. The number of nitrogens with zero attached hydrogens (tertiary/aromatic N) is 1. The summed E-state index contributed by atoms with van der Waals surface area (Å²) < 4.78 is 36.2. The molecule has 1 saturated carbocycles. The molecule has 0 bridgehead atoms. The predicted octanol–water partition coefficient (Wildman–Crippen LogP) is 2.87. The molecule has 30 heavy (non-hydrogen) atoms. The van der Waals surface area contributed by atoms with Gasteiger partial charge in [0.05, 0.1) is 24.0 Å². The molecule has 7 nitrogen and oxygen atoms in total. The van der Waals surface area contributed by atoms with E-state index in [2.05, 4.69) is 9.97 Å². The molecule has 2 aliphatic rings. The van der Waals surface area contributed by atoms with Crippen molar-refractivity contribution in [2.75, 3.05) is 12.9 Å². The van der Waals surface area contributed by atoms with Crippen molar-refractivity contribution in [1.82, 2.24) is 9.97 Å². The van der Waals surface area contributed by atoms with Crippen LogP contribution in [0.4, 0.5) is 0 Å². The molecule has 9 heteroatoms. The molecule has 1 fully saturated rings. The number of H-pyrrole nitrogens is 1. The number of aromatic amines is 1. The van der Waals surface area contributed by atoms with E-state index in [4.69, 9.17) is 9.39 Å². The van der Waals surface area contributed by atoms with E-state index in [0.717, 1.165) is 35.0 Å². The fourth-order valence-electron chi connectivity index (χ4n) is 4.43. The zero-order chi connectivity index (χ0) is 20.9. The summed E-state index contributed by atoms with van der Waals surface area (Å²) in [5.74, 6) is 3.29. The minimum atomic E-state index is -3.36. The number of fused-ring (bicyclic) bond motifs is 3. The Morgan fingerprint density at radius 1 is 1.27 bits per heavy atom. The second-order valence-corrected chi connectivity index (χ2v) is 9.89. The van der Waals surface area contributed by atoms with E-state index in [1.54, 1.807) is 43.5 Å². The van der Waals surface area contributed by atoms with Gasteiger partial charge in [0.2, 0.25) is 0 Å². The van der Waals surface area contributed by atoms with Crippen molar-refractivity contribution in [3.05, 3.63) is 54.3 Å². The molecule has 1 aromatic carbocycles. The summed E-state index contributed by atoms with van der Waals surface area (Å²) in [6, 6.07) is 8.46. The number of hydrogen-bond acceptors (Lipinski definition) is 6. The maximum Gasteiger partial charge on any atom is 0.552 e. The topological polar surface area (TPSA) is 102 Å². The highest BCUT2D eigenvalue weighted by molar-refractivity contribution is 7.91. The van der Waals surface area contributed by atoms with Crippen LogP contribution in [0.3, 0.4) is 0 Å². The van der Waals surface area contributed by atoms with Crippen LogP contribution in [0.1, 0.15) is 18.4 Å². The first-order chi connectivity index (χ1) is 14.4. The summed E-state index contributed by atoms with van der Waals surface area (Å²) in [5.41, 5.74) is 2.71. The van der Waals surface area contributed by atoms with Gasteiger partial charge < -0.3 is 19.4 Å². The predicted molar refractivity (Wildman–Crippen MR) is 114 cm³/mol. The van der Waals surface area contributed by atoms with Gasteiger partial charge in [0.25, 0.3) is 0 Å². The Labute approximate surface area is 174 Å². The second kappa shape index (κ2) is 7.18. The lowest BCUT2D eigenvalue weighted by molar-refractivity contribution is 0.273. The summed E-state index contributed by atoms with van der Waals surface area (Å²) in [6.07, 6.45) is 4.95. The van der Waals surface area contributed by atoms with Gasteiger partial charge in [-0.1, -0.05) is 0 Å². The maximum absolute atomic E-state index is 12.8. The highest BCUT2D eigenvalue weighted by Crippen LogP contribution is 2.48. The van der Waals surface area contributed by atoms with Crippen molar-refractivity contribution in [2.24, 2.45) is 11.8 Å². The fraction of sp³-hybridized carbons (Fsp3) is 0.286. The number of aromatic nitrogens is 2. The van der Waals surface area contributed by atoms with Crippen LogP contribution >= 0.6 is 0 Å². The van der Waals surface area contributed by atoms with Crippen molar-refractivity contribution in [2.45, 2.75) is 17.7 Å². The van der Waals surface area contributed by atoms with E-state index in [-0.39, 0.29) is 17.6 Å². The smallest absolute Gasteiger partial charge is 0.531 e. The summed E-state index contributed by atoms with van der Waals surface area (Å²) in [4.78, 5) is 7.74. The molecular weight excluding hydrogens is 403 g/mol. The lowest BCUT2D eigenvalue weighted by atomic mass is 9.66. The van der Waals surface area contributed by atoms with Crippen molar-refractivity contribution in [1.29, 1.82) is 0 Å². The number of sulfone groups is 1. The van der Waals surface area contributed by atoms with Crippen LogP contribution in [0, 0.1) is 11.8 Å². The first-order valence-electron chi connectivity index (χ1n) is 9.84. The van der Waals surface area contributed by atoms with Crippen molar-refractivity contribution in [3.8, 4) is 11.5 Å². The van der Waals surface area contributed by atoms with Crippen molar-refractivity contribution >= 4 is 33.6 Å². The third-order valence-electron chi connectivity index (χ3n) is 5.96. The van der Waals surface area contributed by atoms with Gasteiger partial charge >= 0.3 is 7.12 Å². The number of benzene rings is 1. The van der Waals surface area contributed by atoms with Crippen LogP contribution < -0.4 is 9.39 Å². The third-order valence-corrected chi connectivity index (χ3v) is 7.86. The molecule has 3 aromatic rings. The first-order valence-corrected chi connectivity index (χ1v) is 11.5. The number of allylic oxidation sites excluding steroid dienone is 1. The molecular formula is C21H21BN2O5S. The molecule has 2 N–H and O–H groups in total. The van der Waals surface area contributed by atoms with Gasteiger partial charge in [-0.25, -0.2) is 13.4 Å². The van der Waals surface area contributed by atoms with Crippen LogP contribution in [0.15, 0.2) is 53.6 Å². The number of methoxy groups -OCH3 is 1. The molecule has 2 aromatic heterocycles. The Bertz CT molecular complexity index is 1230. The Kier molecular flexibility index (Phi) is 4.59. The first kappa shape index (κ1) is 19.2. The minimum Gasteiger partial charge on any atom is -0.531 e. The standard InChI is InChI=1S/C21H21BN2O5S/c1-28-15-2-4-16(5-3-15)30(26,27)12-13-8-14(9-13)18-10-22(25)29-19-11-24-21-17(20(18)19)6-7-23-21/h2-7,10-11,13-14,25H,8-9,12H2,1H3,(H,23,24). The molecule has 0 atom stereocenters. The van der Waals surface area contributed by atoms with Crippen LogP contribution in [0.5, 0.6) is 11.5 Å². The Balaban J connectivity index is 1.34. The Hall–Kier alpha value is -2.78. The van der Waals surface area contributed by atoms with Crippen molar-refractivity contribution < 1.29 is 22.8 Å². The van der Waals surface area contributed by atoms with Gasteiger partial charge in [0, 0.05) is 17.1 Å². The number of rotatable bonds is 5. The largest absolute Gasteiger partial charge is 0.552 e. The van der Waals surface area contributed by atoms with Gasteiger partial charge in [0.15, 0.2) is 9.84 Å². The van der Waals surface area contributed by atoms with Crippen molar-refractivity contribution in [3.63, 3.8) is 0 Å². The zero-order valence-electron chi connectivity index (χ0n) is 16.4. The summed E-state index contributed by atoms with van der Waals surface area (Å²) in [6.45, 7) is 0. The van der Waals surface area contributed by atoms with E-state index in [9.17, 15) is 13.4 Å². The molecule has 1 aliphatic heterocycles. The van der Waals surface area contributed by atoms with Gasteiger partial charge in [0.1, 0.15) is 17.1 Å². The van der Waals surface area contributed by atoms with Crippen LogP contribution in [-0.2, 0) is 9.84 Å². The maximum atomic E-state index is 12.8. The average Bonchev–Trinajstić information content (AvgIpc) is 3.18. The molecule has 0 amide bonds. The van der Waals surface area contributed by atoms with Crippen LogP contribution in [-0.4, -0.2) is 43.4 Å². The van der Waals surface area contributed by atoms with E-state index in [1.807, 2.05) is 12.3 Å². The highest BCUT2D eigenvalue weighted by Gasteiger charge is 2.39. The van der Waals surface area contributed by atoms with Gasteiger partial charge in [-0.05, 0) is 66.6 Å². The quantitative estimate of drug-likeness (QED) is 0.611. The number of ether oxygens (including phenoxy) is 1. The summed E-state index contributed by atoms with van der Waals surface area (Å²) in [5, 5.41) is 11.1. The molecule has 5 rings (SSSR count). The monoisotopic (exact) mass is 424 g/mol. The molecule has 154 valence electrons. The van der Waals surface area contributed by atoms with E-state index in [0.29, 0.717) is 16.4 Å². The summed E-state index contributed by atoms with van der Waals surface area (Å²) >= 11 is 0. The van der Waals surface area contributed by atoms with Crippen LogP contribution in [0.25, 0.3) is 16.6 Å². The van der Waals surface area contributed by atoms with E-state index < -0.39 is 17.0 Å². The SMILES string of the molecule is COc1ccc(S(=O)(=O)CC2CC(C3=CB(O)Oc4cnc5[nH]ccc5c43)C2)cc1. The molecule has 0 radical (unpaired) electrons. The van der Waals surface area contributed by atoms with E-state index in [1.165, 1.54) is 0 Å². The fourth-order valence-corrected chi connectivity index (χ4v) is 6.07. The molecule has 3 heterocycles.